The van der Waals surface area contributed by atoms with Gasteiger partial charge in [0.2, 0.25) is 0 Å². The van der Waals surface area contributed by atoms with Crippen molar-refractivity contribution < 1.29 is 0 Å². The van der Waals surface area contributed by atoms with Crippen LogP contribution in [0, 0.1) is 17.8 Å². The van der Waals surface area contributed by atoms with Crippen LogP contribution in [0.1, 0.15) is 47.0 Å². The third-order valence-corrected chi connectivity index (χ3v) is 3.35. The largest absolute Gasteiger partial charge is 0.330 e. The van der Waals surface area contributed by atoms with Gasteiger partial charge in [0, 0.05) is 0 Å². The Labute approximate surface area is 89.8 Å². The van der Waals surface area contributed by atoms with Crippen LogP contribution in [0.3, 0.4) is 0 Å². The summed E-state index contributed by atoms with van der Waals surface area (Å²) in [5.41, 5.74) is 7.15. The predicted molar refractivity (Wildman–Crippen MR) is 65.2 cm³/mol. The Kier molecular flexibility index (Phi) is 6.90. The molecule has 0 aliphatic rings. The molecule has 0 rings (SSSR count). The molecule has 2 N–H and O–H groups in total. The molecule has 0 saturated heterocycles. The molecule has 1 unspecified atom stereocenters. The van der Waals surface area contributed by atoms with Gasteiger partial charge in [-0.1, -0.05) is 39.3 Å². The van der Waals surface area contributed by atoms with Crippen LogP contribution in [-0.2, 0) is 0 Å². The molecule has 0 aromatic carbocycles. The highest BCUT2D eigenvalue weighted by Crippen LogP contribution is 2.28. The zero-order valence-corrected chi connectivity index (χ0v) is 10.3. The first-order valence-electron chi connectivity index (χ1n) is 5.92. The summed E-state index contributed by atoms with van der Waals surface area (Å²) in [4.78, 5) is 0. The van der Waals surface area contributed by atoms with Gasteiger partial charge < -0.3 is 5.73 Å². The summed E-state index contributed by atoms with van der Waals surface area (Å²) in [6.07, 6.45) is 3.68. The van der Waals surface area contributed by atoms with E-state index in [9.17, 15) is 0 Å². The number of rotatable bonds is 7. The molecule has 0 fully saturated rings. The summed E-state index contributed by atoms with van der Waals surface area (Å²) < 4.78 is 0. The molecule has 0 aliphatic heterocycles. The van der Waals surface area contributed by atoms with E-state index in [1.807, 2.05) is 0 Å². The molecular formula is C13H27N. The predicted octanol–water partition coefficient (Wildman–Crippen LogP) is 3.60. The third-order valence-electron chi connectivity index (χ3n) is 3.35. The van der Waals surface area contributed by atoms with Crippen LogP contribution in [0.5, 0.6) is 0 Å². The molecule has 0 aliphatic carbocycles. The Balaban J connectivity index is 4.28. The van der Waals surface area contributed by atoms with Crippen molar-refractivity contribution in [1.29, 1.82) is 0 Å². The SMILES string of the molecule is C=C(C)[C@@H](CC)[C@@H](CN)CC(C)CC. The lowest BCUT2D eigenvalue weighted by molar-refractivity contribution is 0.301. The van der Waals surface area contributed by atoms with Crippen molar-refractivity contribution in [3.8, 4) is 0 Å². The normalized spacial score (nSPS) is 17.5. The molecule has 14 heavy (non-hydrogen) atoms. The molecular weight excluding hydrogens is 170 g/mol. The monoisotopic (exact) mass is 197 g/mol. The second-order valence-corrected chi connectivity index (χ2v) is 4.61. The van der Waals surface area contributed by atoms with E-state index >= 15 is 0 Å². The number of nitrogens with two attached hydrogens (primary N) is 1. The van der Waals surface area contributed by atoms with Gasteiger partial charge in [-0.3, -0.25) is 0 Å². The highest BCUT2D eigenvalue weighted by atomic mass is 14.6. The molecule has 0 amide bonds. The van der Waals surface area contributed by atoms with Crippen LogP contribution >= 0.6 is 0 Å². The molecule has 0 aromatic heterocycles. The van der Waals surface area contributed by atoms with E-state index in [0.717, 1.165) is 12.5 Å². The Morgan fingerprint density at radius 3 is 2.14 bits per heavy atom. The molecule has 0 bridgehead atoms. The van der Waals surface area contributed by atoms with E-state index in [4.69, 9.17) is 5.73 Å². The second kappa shape index (κ2) is 7.05. The molecule has 0 heterocycles. The van der Waals surface area contributed by atoms with Gasteiger partial charge in [0.25, 0.3) is 0 Å². The van der Waals surface area contributed by atoms with E-state index < -0.39 is 0 Å². The average molecular weight is 197 g/mol. The number of hydrogen-bond acceptors (Lipinski definition) is 1. The average Bonchev–Trinajstić information content (AvgIpc) is 2.16. The van der Waals surface area contributed by atoms with Crippen LogP contribution in [0.25, 0.3) is 0 Å². The van der Waals surface area contributed by atoms with Gasteiger partial charge in [-0.05, 0) is 44.1 Å². The molecule has 3 atom stereocenters. The number of allylic oxidation sites excluding steroid dienone is 1. The summed E-state index contributed by atoms with van der Waals surface area (Å²) in [6, 6.07) is 0. The first kappa shape index (κ1) is 13.7. The van der Waals surface area contributed by atoms with Gasteiger partial charge in [-0.25, -0.2) is 0 Å². The first-order valence-corrected chi connectivity index (χ1v) is 5.92. The smallest absolute Gasteiger partial charge is 0.00430 e. The fourth-order valence-corrected chi connectivity index (χ4v) is 2.19. The Morgan fingerprint density at radius 2 is 1.86 bits per heavy atom. The topological polar surface area (TPSA) is 26.0 Å². The second-order valence-electron chi connectivity index (χ2n) is 4.61. The Hall–Kier alpha value is -0.300. The maximum Gasteiger partial charge on any atom is -0.00430 e. The quantitative estimate of drug-likeness (QED) is 0.620. The Morgan fingerprint density at radius 1 is 1.29 bits per heavy atom. The van der Waals surface area contributed by atoms with Crippen LogP contribution in [0.2, 0.25) is 0 Å². The van der Waals surface area contributed by atoms with Crippen molar-refractivity contribution in [3.63, 3.8) is 0 Å². The summed E-state index contributed by atoms with van der Waals surface area (Å²) in [5, 5.41) is 0. The summed E-state index contributed by atoms with van der Waals surface area (Å²) in [7, 11) is 0. The van der Waals surface area contributed by atoms with E-state index in [2.05, 4.69) is 34.3 Å². The van der Waals surface area contributed by atoms with Gasteiger partial charge in [-0.15, -0.1) is 0 Å². The maximum atomic E-state index is 5.85. The molecule has 0 radical (unpaired) electrons. The van der Waals surface area contributed by atoms with Crippen LogP contribution in [-0.4, -0.2) is 6.54 Å². The Bertz CT molecular complexity index is 163. The highest BCUT2D eigenvalue weighted by Gasteiger charge is 2.20. The summed E-state index contributed by atoms with van der Waals surface area (Å²) >= 11 is 0. The highest BCUT2D eigenvalue weighted by molar-refractivity contribution is 4.98. The van der Waals surface area contributed by atoms with Crippen molar-refractivity contribution in [2.24, 2.45) is 23.5 Å². The van der Waals surface area contributed by atoms with Crippen LogP contribution in [0.4, 0.5) is 0 Å². The number of hydrogen-bond donors (Lipinski definition) is 1. The fraction of sp³-hybridized carbons (Fsp3) is 0.846. The summed E-state index contributed by atoms with van der Waals surface area (Å²) in [6.45, 7) is 13.8. The van der Waals surface area contributed by atoms with Crippen molar-refractivity contribution in [3.05, 3.63) is 12.2 Å². The maximum absolute atomic E-state index is 5.85. The van der Waals surface area contributed by atoms with Gasteiger partial charge in [-0.2, -0.15) is 0 Å². The minimum Gasteiger partial charge on any atom is -0.330 e. The molecule has 1 nitrogen and oxygen atoms in total. The van der Waals surface area contributed by atoms with Gasteiger partial charge in [0.15, 0.2) is 0 Å². The van der Waals surface area contributed by atoms with Gasteiger partial charge >= 0.3 is 0 Å². The minimum atomic E-state index is 0.619. The molecule has 0 spiro atoms. The van der Waals surface area contributed by atoms with E-state index in [0.29, 0.717) is 11.8 Å². The van der Waals surface area contributed by atoms with Crippen LogP contribution < -0.4 is 5.73 Å². The minimum absolute atomic E-state index is 0.619. The zero-order valence-electron chi connectivity index (χ0n) is 10.3. The van der Waals surface area contributed by atoms with Crippen LogP contribution in [0.15, 0.2) is 12.2 Å². The third kappa shape index (κ3) is 4.28. The van der Waals surface area contributed by atoms with Gasteiger partial charge in [0.1, 0.15) is 0 Å². The van der Waals surface area contributed by atoms with Crippen molar-refractivity contribution in [2.75, 3.05) is 6.54 Å². The molecule has 0 aromatic rings. The van der Waals surface area contributed by atoms with E-state index in [1.165, 1.54) is 24.8 Å². The zero-order chi connectivity index (χ0) is 11.1. The standard InChI is InChI=1S/C13H27N/c1-6-11(5)8-12(9-14)13(7-2)10(3)4/h11-13H,3,6-9,14H2,1-2,4-5H3/t11?,12-,13-/m1/s1. The fourth-order valence-electron chi connectivity index (χ4n) is 2.19. The lowest BCUT2D eigenvalue weighted by atomic mass is 9.79. The van der Waals surface area contributed by atoms with E-state index in [1.54, 1.807) is 0 Å². The first-order chi connectivity index (χ1) is 6.56. The van der Waals surface area contributed by atoms with Crippen molar-refractivity contribution in [2.45, 2.75) is 47.0 Å². The lowest BCUT2D eigenvalue weighted by Gasteiger charge is -2.27. The molecule has 1 heteroatoms. The van der Waals surface area contributed by atoms with E-state index in [-0.39, 0.29) is 0 Å². The van der Waals surface area contributed by atoms with Gasteiger partial charge in [0.05, 0.1) is 0 Å². The molecule has 0 saturated carbocycles. The molecule has 84 valence electrons. The van der Waals surface area contributed by atoms with Crippen molar-refractivity contribution >= 4 is 0 Å². The summed E-state index contributed by atoms with van der Waals surface area (Å²) in [5.74, 6) is 2.04. The van der Waals surface area contributed by atoms with Crippen molar-refractivity contribution in [1.82, 2.24) is 0 Å². The lowest BCUT2D eigenvalue weighted by Crippen LogP contribution is -2.25.